The van der Waals surface area contributed by atoms with Gasteiger partial charge in [-0.25, -0.2) is 0 Å². The maximum Gasteiger partial charge on any atom is 0.157 e. The first-order valence-electron chi connectivity index (χ1n) is 3.98. The largest absolute Gasteiger partial charge is 0.486 e. The summed E-state index contributed by atoms with van der Waals surface area (Å²) in [4.78, 5) is 10.1. The minimum atomic E-state index is 0.113. The number of carbonyl (C=O) groups is 1. The second-order valence-electron chi connectivity index (χ2n) is 2.84. The van der Waals surface area contributed by atoms with Crippen molar-refractivity contribution in [2.24, 2.45) is 0 Å². The topological polar surface area (TPSA) is 26.3 Å². The molecule has 3 heteroatoms. The lowest BCUT2D eigenvalue weighted by Crippen LogP contribution is -1.99. The molecule has 0 N–H and O–H groups in total. The Balaban J connectivity index is 2.94. The van der Waals surface area contributed by atoms with Gasteiger partial charge >= 0.3 is 0 Å². The molecule has 1 aromatic carbocycles. The van der Waals surface area contributed by atoms with E-state index in [9.17, 15) is 4.79 Å². The van der Waals surface area contributed by atoms with Crippen molar-refractivity contribution in [1.82, 2.24) is 0 Å². The first kappa shape index (κ1) is 10.3. The molecule has 0 amide bonds. The summed E-state index contributed by atoms with van der Waals surface area (Å²) in [6, 6.07) is 3.90. The van der Waals surface area contributed by atoms with E-state index in [0.717, 1.165) is 27.6 Å². The summed E-state index contributed by atoms with van der Waals surface area (Å²) >= 11 is 3.42. The quantitative estimate of drug-likeness (QED) is 0.763. The van der Waals surface area contributed by atoms with Crippen molar-refractivity contribution >= 4 is 22.2 Å². The first-order valence-corrected chi connectivity index (χ1v) is 4.77. The third-order valence-electron chi connectivity index (χ3n) is 1.76. The Hall–Kier alpha value is -0.830. The van der Waals surface area contributed by atoms with Crippen LogP contribution in [-0.2, 0) is 4.79 Å². The Kier molecular flexibility index (Phi) is 3.48. The van der Waals surface area contributed by atoms with Crippen LogP contribution in [0.5, 0.6) is 5.75 Å². The van der Waals surface area contributed by atoms with Crippen LogP contribution in [0.25, 0.3) is 0 Å². The number of hydrogen-bond donors (Lipinski definition) is 0. The second kappa shape index (κ2) is 4.42. The highest BCUT2D eigenvalue weighted by Gasteiger charge is 2.02. The zero-order valence-corrected chi connectivity index (χ0v) is 9.22. The maximum absolute atomic E-state index is 10.1. The van der Waals surface area contributed by atoms with Crippen LogP contribution in [0, 0.1) is 13.8 Å². The maximum atomic E-state index is 10.1. The summed E-state index contributed by atoms with van der Waals surface area (Å²) in [6.45, 7) is 4.05. The molecule has 0 spiro atoms. The van der Waals surface area contributed by atoms with Crippen molar-refractivity contribution in [2.45, 2.75) is 13.8 Å². The summed E-state index contributed by atoms with van der Waals surface area (Å²) in [7, 11) is 0. The summed E-state index contributed by atoms with van der Waals surface area (Å²) in [5.74, 6) is 0.771. The van der Waals surface area contributed by atoms with Gasteiger partial charge in [0.05, 0.1) is 0 Å². The van der Waals surface area contributed by atoms with E-state index in [1.165, 1.54) is 0 Å². The predicted molar refractivity (Wildman–Crippen MR) is 55.2 cm³/mol. The van der Waals surface area contributed by atoms with Gasteiger partial charge in [-0.15, -0.1) is 0 Å². The molecule has 2 nitrogen and oxygen atoms in total. The van der Waals surface area contributed by atoms with E-state index in [-0.39, 0.29) is 6.61 Å². The van der Waals surface area contributed by atoms with E-state index in [1.807, 2.05) is 26.0 Å². The van der Waals surface area contributed by atoms with Gasteiger partial charge in [0.2, 0.25) is 0 Å². The van der Waals surface area contributed by atoms with Gasteiger partial charge in [0.25, 0.3) is 0 Å². The zero-order chi connectivity index (χ0) is 9.84. The number of carbonyl (C=O) groups excluding carboxylic acids is 1. The number of aldehydes is 1. The van der Waals surface area contributed by atoms with Gasteiger partial charge < -0.3 is 4.74 Å². The summed E-state index contributed by atoms with van der Waals surface area (Å²) in [5.41, 5.74) is 2.13. The van der Waals surface area contributed by atoms with E-state index < -0.39 is 0 Å². The summed E-state index contributed by atoms with van der Waals surface area (Å²) < 4.78 is 6.29. The number of rotatable bonds is 3. The Morgan fingerprint density at radius 1 is 1.38 bits per heavy atom. The number of benzene rings is 1. The van der Waals surface area contributed by atoms with Crippen LogP contribution in [0.2, 0.25) is 0 Å². The van der Waals surface area contributed by atoms with Crippen LogP contribution in [0.15, 0.2) is 16.6 Å². The molecule has 0 saturated heterocycles. The van der Waals surface area contributed by atoms with Crippen LogP contribution in [0.1, 0.15) is 11.1 Å². The average Bonchev–Trinajstić information content (AvgIpc) is 2.09. The van der Waals surface area contributed by atoms with Crippen molar-refractivity contribution < 1.29 is 9.53 Å². The van der Waals surface area contributed by atoms with Gasteiger partial charge in [-0.3, -0.25) is 4.79 Å². The van der Waals surface area contributed by atoms with Gasteiger partial charge in [0.1, 0.15) is 12.4 Å². The minimum Gasteiger partial charge on any atom is -0.486 e. The van der Waals surface area contributed by atoms with E-state index in [1.54, 1.807) is 0 Å². The lowest BCUT2D eigenvalue weighted by molar-refractivity contribution is -0.109. The molecule has 0 aliphatic heterocycles. The molecule has 0 heterocycles. The fourth-order valence-corrected chi connectivity index (χ4v) is 1.49. The molecule has 0 bridgehead atoms. The Morgan fingerprint density at radius 2 is 2.08 bits per heavy atom. The van der Waals surface area contributed by atoms with E-state index >= 15 is 0 Å². The molecule has 70 valence electrons. The molecule has 0 aliphatic carbocycles. The predicted octanol–water partition coefficient (Wildman–Crippen LogP) is 2.64. The number of ether oxygens (including phenoxy) is 1. The van der Waals surface area contributed by atoms with Crippen molar-refractivity contribution in [3.63, 3.8) is 0 Å². The molecular formula is C10H11BrO2. The standard InChI is InChI=1S/C10H11BrO2/c1-7-6-10(13-4-3-12)8(2)5-9(7)11/h3,5-6H,4H2,1-2H3. The van der Waals surface area contributed by atoms with Gasteiger partial charge in [-0.2, -0.15) is 0 Å². The molecule has 0 radical (unpaired) electrons. The molecular weight excluding hydrogens is 232 g/mol. The second-order valence-corrected chi connectivity index (χ2v) is 3.70. The Bertz CT molecular complexity index is 321. The normalized spacial score (nSPS) is 9.77. The van der Waals surface area contributed by atoms with Crippen LogP contribution < -0.4 is 4.74 Å². The van der Waals surface area contributed by atoms with Crippen molar-refractivity contribution in [1.29, 1.82) is 0 Å². The minimum absolute atomic E-state index is 0.113. The lowest BCUT2D eigenvalue weighted by Gasteiger charge is -2.08. The van der Waals surface area contributed by atoms with E-state index in [2.05, 4.69) is 15.9 Å². The molecule has 0 saturated carbocycles. The molecule has 1 rings (SSSR count). The van der Waals surface area contributed by atoms with E-state index in [4.69, 9.17) is 4.74 Å². The monoisotopic (exact) mass is 242 g/mol. The molecule has 0 unspecified atom stereocenters. The van der Waals surface area contributed by atoms with Gasteiger partial charge in [0, 0.05) is 4.47 Å². The smallest absolute Gasteiger partial charge is 0.157 e. The van der Waals surface area contributed by atoms with Crippen LogP contribution in [0.3, 0.4) is 0 Å². The molecule has 0 fully saturated rings. The zero-order valence-electron chi connectivity index (χ0n) is 7.63. The van der Waals surface area contributed by atoms with Crippen molar-refractivity contribution in [3.05, 3.63) is 27.7 Å². The molecule has 1 aromatic rings. The van der Waals surface area contributed by atoms with Crippen molar-refractivity contribution in [2.75, 3.05) is 6.61 Å². The fourth-order valence-electron chi connectivity index (χ4n) is 1.03. The van der Waals surface area contributed by atoms with E-state index in [0.29, 0.717) is 0 Å². The number of halogens is 1. The van der Waals surface area contributed by atoms with Gasteiger partial charge in [-0.05, 0) is 37.1 Å². The fraction of sp³-hybridized carbons (Fsp3) is 0.300. The van der Waals surface area contributed by atoms with Crippen LogP contribution in [-0.4, -0.2) is 12.9 Å². The molecule has 0 atom stereocenters. The summed E-state index contributed by atoms with van der Waals surface area (Å²) in [5, 5.41) is 0. The first-order chi connectivity index (χ1) is 6.15. The van der Waals surface area contributed by atoms with Crippen LogP contribution in [0.4, 0.5) is 0 Å². The SMILES string of the molecule is Cc1cc(OCC=O)c(C)cc1Br. The highest BCUT2D eigenvalue weighted by Crippen LogP contribution is 2.25. The third kappa shape index (κ3) is 2.56. The third-order valence-corrected chi connectivity index (χ3v) is 2.62. The van der Waals surface area contributed by atoms with Crippen LogP contribution >= 0.6 is 15.9 Å². The van der Waals surface area contributed by atoms with Gasteiger partial charge in [0.15, 0.2) is 6.29 Å². The van der Waals surface area contributed by atoms with Gasteiger partial charge in [-0.1, -0.05) is 15.9 Å². The molecule has 0 aliphatic rings. The lowest BCUT2D eigenvalue weighted by atomic mass is 10.1. The van der Waals surface area contributed by atoms with Crippen molar-refractivity contribution in [3.8, 4) is 5.75 Å². The highest BCUT2D eigenvalue weighted by atomic mass is 79.9. The highest BCUT2D eigenvalue weighted by molar-refractivity contribution is 9.10. The number of aryl methyl sites for hydroxylation is 2. The summed E-state index contributed by atoms with van der Waals surface area (Å²) in [6.07, 6.45) is 0.747. The Labute approximate surface area is 86.0 Å². The average molecular weight is 243 g/mol. The molecule has 13 heavy (non-hydrogen) atoms. The number of hydrogen-bond acceptors (Lipinski definition) is 2. The Morgan fingerprint density at radius 3 is 2.69 bits per heavy atom. The molecule has 0 aromatic heterocycles.